The van der Waals surface area contributed by atoms with E-state index in [9.17, 15) is 9.59 Å². The number of nitrogens with one attached hydrogen (secondary N) is 1. The van der Waals surface area contributed by atoms with Gasteiger partial charge in [0.05, 0.1) is 12.7 Å². The van der Waals surface area contributed by atoms with E-state index < -0.39 is 0 Å². The van der Waals surface area contributed by atoms with Crippen molar-refractivity contribution in [1.82, 2.24) is 5.32 Å². The molecule has 0 aromatic heterocycles. The van der Waals surface area contributed by atoms with Gasteiger partial charge >= 0.3 is 5.97 Å². The summed E-state index contributed by atoms with van der Waals surface area (Å²) in [6.07, 6.45) is 7.33. The quantitative estimate of drug-likeness (QED) is 0.861. The van der Waals surface area contributed by atoms with Crippen LogP contribution in [0.1, 0.15) is 41.6 Å². The molecule has 106 valence electrons. The summed E-state index contributed by atoms with van der Waals surface area (Å²) in [5.41, 5.74) is 1.34. The lowest BCUT2D eigenvalue weighted by atomic mass is 10.0. The summed E-state index contributed by atoms with van der Waals surface area (Å²) in [6.45, 7) is 0. The number of methoxy groups -OCH3 is 1. The minimum Gasteiger partial charge on any atom is -0.465 e. The maximum absolute atomic E-state index is 11.7. The largest absolute Gasteiger partial charge is 0.465 e. The molecule has 2 rings (SSSR count). The number of benzene rings is 1. The third-order valence-corrected chi connectivity index (χ3v) is 3.39. The Bertz CT molecular complexity index is 522. The van der Waals surface area contributed by atoms with Gasteiger partial charge in [0.2, 0.25) is 5.91 Å². The lowest BCUT2D eigenvalue weighted by Crippen LogP contribution is -2.30. The summed E-state index contributed by atoms with van der Waals surface area (Å²) in [6, 6.07) is 7.31. The van der Waals surface area contributed by atoms with E-state index in [1.54, 1.807) is 12.1 Å². The van der Waals surface area contributed by atoms with Crippen molar-refractivity contribution in [2.75, 3.05) is 7.11 Å². The highest BCUT2D eigenvalue weighted by molar-refractivity contribution is 5.93. The highest BCUT2D eigenvalue weighted by Gasteiger charge is 2.14. The summed E-state index contributed by atoms with van der Waals surface area (Å²) in [7, 11) is 1.37. The average molecular weight is 273 g/mol. The number of amides is 1. The minimum absolute atomic E-state index is 0.0377. The van der Waals surface area contributed by atoms with Crippen LogP contribution in [0.5, 0.6) is 0 Å². The third kappa shape index (κ3) is 3.70. The molecule has 1 fully saturated rings. The predicted octanol–water partition coefficient (Wildman–Crippen LogP) is 2.55. The molecule has 20 heavy (non-hydrogen) atoms. The van der Waals surface area contributed by atoms with E-state index in [0.717, 1.165) is 24.8 Å². The maximum atomic E-state index is 11.7. The van der Waals surface area contributed by atoms with Crippen LogP contribution in [0.15, 0.2) is 30.3 Å². The van der Waals surface area contributed by atoms with Gasteiger partial charge in [0.15, 0.2) is 0 Å². The Balaban J connectivity index is 2.14. The highest BCUT2D eigenvalue weighted by atomic mass is 16.5. The first-order valence-corrected chi connectivity index (χ1v) is 6.85. The number of esters is 1. The molecule has 1 aliphatic heterocycles. The van der Waals surface area contributed by atoms with E-state index in [-0.39, 0.29) is 17.9 Å². The summed E-state index contributed by atoms with van der Waals surface area (Å²) in [5, 5.41) is 2.97. The first kappa shape index (κ1) is 14.3. The van der Waals surface area contributed by atoms with E-state index in [4.69, 9.17) is 4.74 Å². The van der Waals surface area contributed by atoms with E-state index in [2.05, 4.69) is 5.32 Å². The van der Waals surface area contributed by atoms with Gasteiger partial charge in [-0.1, -0.05) is 36.8 Å². The van der Waals surface area contributed by atoms with E-state index in [1.807, 2.05) is 24.3 Å². The fraction of sp³-hybridized carbons (Fsp3) is 0.375. The van der Waals surface area contributed by atoms with Crippen LogP contribution in [0.3, 0.4) is 0 Å². The fourth-order valence-corrected chi connectivity index (χ4v) is 2.30. The van der Waals surface area contributed by atoms with Gasteiger partial charge in [-0.05, 0) is 24.5 Å². The molecule has 0 bridgehead atoms. The number of rotatable bonds is 3. The summed E-state index contributed by atoms with van der Waals surface area (Å²) in [5.74, 6) is -0.256. The normalized spacial score (nSPS) is 19.4. The molecule has 1 aromatic rings. The van der Waals surface area contributed by atoms with Crippen LogP contribution in [0, 0.1) is 0 Å². The molecule has 4 heteroatoms. The Hall–Kier alpha value is -2.10. The van der Waals surface area contributed by atoms with Crippen molar-refractivity contribution in [3.05, 3.63) is 41.5 Å². The van der Waals surface area contributed by atoms with E-state index in [1.165, 1.54) is 7.11 Å². The van der Waals surface area contributed by atoms with E-state index in [0.29, 0.717) is 12.0 Å². The number of hydrogen-bond donors (Lipinski definition) is 1. The number of ether oxygens (including phenoxy) is 1. The highest BCUT2D eigenvalue weighted by Crippen LogP contribution is 2.15. The SMILES string of the molecule is COC(=O)c1ccccc1C=CC1CCCCC(=O)N1. The number of carbonyl (C=O) groups excluding carboxylic acids is 2. The fourth-order valence-electron chi connectivity index (χ4n) is 2.30. The molecule has 0 aliphatic carbocycles. The molecule has 1 aromatic carbocycles. The molecular formula is C16H19NO3. The molecule has 0 saturated carbocycles. The summed E-state index contributed by atoms with van der Waals surface area (Å²) < 4.78 is 4.76. The molecule has 1 saturated heterocycles. The Morgan fingerprint density at radius 3 is 2.95 bits per heavy atom. The predicted molar refractivity (Wildman–Crippen MR) is 77.2 cm³/mol. The second-order valence-corrected chi connectivity index (χ2v) is 4.86. The van der Waals surface area contributed by atoms with Crippen LogP contribution in [0.25, 0.3) is 6.08 Å². The van der Waals surface area contributed by atoms with Gasteiger partial charge in [-0.3, -0.25) is 4.79 Å². The average Bonchev–Trinajstić information content (AvgIpc) is 2.69. The van der Waals surface area contributed by atoms with Crippen LogP contribution in [-0.4, -0.2) is 25.0 Å². The third-order valence-electron chi connectivity index (χ3n) is 3.39. The van der Waals surface area contributed by atoms with Crippen molar-refractivity contribution >= 4 is 18.0 Å². The van der Waals surface area contributed by atoms with E-state index >= 15 is 0 Å². The van der Waals surface area contributed by atoms with Crippen molar-refractivity contribution in [2.45, 2.75) is 31.7 Å². The Morgan fingerprint density at radius 1 is 1.35 bits per heavy atom. The Morgan fingerprint density at radius 2 is 2.15 bits per heavy atom. The van der Waals surface area contributed by atoms with Crippen molar-refractivity contribution < 1.29 is 14.3 Å². The van der Waals surface area contributed by atoms with Gasteiger partial charge in [-0.2, -0.15) is 0 Å². The molecule has 4 nitrogen and oxygen atoms in total. The van der Waals surface area contributed by atoms with Gasteiger partial charge in [-0.15, -0.1) is 0 Å². The van der Waals surface area contributed by atoms with Crippen molar-refractivity contribution in [3.8, 4) is 0 Å². The van der Waals surface area contributed by atoms with Crippen LogP contribution < -0.4 is 5.32 Å². The molecule has 1 amide bonds. The zero-order valence-electron chi connectivity index (χ0n) is 11.6. The molecular weight excluding hydrogens is 254 g/mol. The molecule has 1 aliphatic rings. The second-order valence-electron chi connectivity index (χ2n) is 4.86. The molecule has 1 atom stereocenters. The summed E-state index contributed by atoms with van der Waals surface area (Å²) >= 11 is 0. The molecule has 0 spiro atoms. The number of carbonyl (C=O) groups is 2. The maximum Gasteiger partial charge on any atom is 0.338 e. The van der Waals surface area contributed by atoms with Crippen LogP contribution in [-0.2, 0) is 9.53 Å². The van der Waals surface area contributed by atoms with Gasteiger partial charge in [0, 0.05) is 12.5 Å². The van der Waals surface area contributed by atoms with Gasteiger partial charge in [0.1, 0.15) is 0 Å². The first-order chi connectivity index (χ1) is 9.70. The van der Waals surface area contributed by atoms with Crippen molar-refractivity contribution in [3.63, 3.8) is 0 Å². The second kappa shape index (κ2) is 6.89. The number of hydrogen-bond acceptors (Lipinski definition) is 3. The Kier molecular flexibility index (Phi) is 4.93. The Labute approximate surface area is 118 Å². The lowest BCUT2D eigenvalue weighted by molar-refractivity contribution is -0.121. The summed E-state index contributed by atoms with van der Waals surface area (Å²) in [4.78, 5) is 23.2. The van der Waals surface area contributed by atoms with Crippen molar-refractivity contribution in [1.29, 1.82) is 0 Å². The van der Waals surface area contributed by atoms with Gasteiger partial charge in [0.25, 0.3) is 0 Å². The standard InChI is InChI=1S/C16H19NO3/c1-20-16(19)14-8-4-2-6-12(14)10-11-13-7-3-5-9-15(18)17-13/h2,4,6,8,10-11,13H,3,5,7,9H2,1H3,(H,17,18). The van der Waals surface area contributed by atoms with Crippen molar-refractivity contribution in [2.24, 2.45) is 0 Å². The topological polar surface area (TPSA) is 55.4 Å². The molecule has 1 heterocycles. The van der Waals surface area contributed by atoms with Crippen LogP contribution in [0.2, 0.25) is 0 Å². The molecule has 1 unspecified atom stereocenters. The first-order valence-electron chi connectivity index (χ1n) is 6.85. The van der Waals surface area contributed by atoms with Crippen LogP contribution >= 0.6 is 0 Å². The van der Waals surface area contributed by atoms with Gasteiger partial charge in [-0.25, -0.2) is 4.79 Å². The monoisotopic (exact) mass is 273 g/mol. The molecule has 1 N–H and O–H groups in total. The minimum atomic E-state index is -0.352. The van der Waals surface area contributed by atoms with Gasteiger partial charge < -0.3 is 10.1 Å². The zero-order valence-corrected chi connectivity index (χ0v) is 11.6. The zero-order chi connectivity index (χ0) is 14.4. The smallest absolute Gasteiger partial charge is 0.338 e. The lowest BCUT2D eigenvalue weighted by Gasteiger charge is -2.11. The molecule has 0 radical (unpaired) electrons. The van der Waals surface area contributed by atoms with Crippen LogP contribution in [0.4, 0.5) is 0 Å².